The van der Waals surface area contributed by atoms with E-state index in [1.807, 2.05) is 18.2 Å². The number of nitrogens with zero attached hydrogens (tertiary/aromatic N) is 2. The molecule has 2 nitrogen and oxygen atoms in total. The first-order valence-corrected chi connectivity index (χ1v) is 11.8. The highest BCUT2D eigenvalue weighted by Crippen LogP contribution is 2.38. The second-order valence-corrected chi connectivity index (χ2v) is 9.54. The van der Waals surface area contributed by atoms with Gasteiger partial charge in [-0.05, 0) is 86.9 Å². The van der Waals surface area contributed by atoms with Crippen molar-refractivity contribution in [2.45, 2.75) is 24.7 Å². The zero-order valence-electron chi connectivity index (χ0n) is 18.5. The molecule has 0 bridgehead atoms. The average Bonchev–Trinajstić information content (AvgIpc) is 2.78. The topological polar surface area (TPSA) is 16.1 Å². The Labute approximate surface area is 198 Å². The Kier molecular flexibility index (Phi) is 7.33. The summed E-state index contributed by atoms with van der Waals surface area (Å²) >= 11 is 3.55. The van der Waals surface area contributed by atoms with Crippen LogP contribution in [0, 0.1) is 5.82 Å². The predicted octanol–water partition coefficient (Wildman–Crippen LogP) is 7.20. The van der Waals surface area contributed by atoms with E-state index in [4.69, 9.17) is 4.98 Å². The van der Waals surface area contributed by atoms with Crippen molar-refractivity contribution >= 4 is 26.8 Å². The summed E-state index contributed by atoms with van der Waals surface area (Å²) in [6.07, 6.45) is 1.78. The number of hydrogen-bond donors (Lipinski definition) is 0. The van der Waals surface area contributed by atoms with Crippen molar-refractivity contribution in [3.63, 3.8) is 0 Å². The largest absolute Gasteiger partial charge is 0.309 e. The monoisotopic (exact) mass is 490 g/mol. The third-order valence-corrected chi connectivity index (χ3v) is 6.49. The number of pyridine rings is 1. The SMILES string of the molecule is CN(C)CCC(c1cccc(F)c1)C(Cc1ccccc1)c1ccc2cc(Br)ccc2n1. The summed E-state index contributed by atoms with van der Waals surface area (Å²) in [5.74, 6) is 0.0908. The molecule has 0 spiro atoms. The van der Waals surface area contributed by atoms with E-state index in [-0.39, 0.29) is 17.7 Å². The molecule has 0 saturated heterocycles. The molecule has 2 unspecified atom stereocenters. The summed E-state index contributed by atoms with van der Waals surface area (Å²) in [4.78, 5) is 7.27. The molecule has 0 aliphatic rings. The van der Waals surface area contributed by atoms with Crippen LogP contribution in [0.1, 0.15) is 35.1 Å². The van der Waals surface area contributed by atoms with Crippen molar-refractivity contribution in [3.05, 3.63) is 112 Å². The van der Waals surface area contributed by atoms with E-state index in [0.29, 0.717) is 0 Å². The Morgan fingerprint density at radius 3 is 2.44 bits per heavy atom. The van der Waals surface area contributed by atoms with Gasteiger partial charge in [0.1, 0.15) is 5.82 Å². The fraction of sp³-hybridized carbons (Fsp3) is 0.250. The van der Waals surface area contributed by atoms with Gasteiger partial charge in [0.2, 0.25) is 0 Å². The van der Waals surface area contributed by atoms with E-state index in [9.17, 15) is 4.39 Å². The Balaban J connectivity index is 1.81. The summed E-state index contributed by atoms with van der Waals surface area (Å²) in [6.45, 7) is 0.924. The minimum atomic E-state index is -0.188. The summed E-state index contributed by atoms with van der Waals surface area (Å²) < 4.78 is 15.3. The molecule has 0 aliphatic carbocycles. The summed E-state index contributed by atoms with van der Waals surface area (Å²) in [6, 6.07) is 28.1. The molecule has 0 radical (unpaired) electrons. The van der Waals surface area contributed by atoms with Crippen LogP contribution in [0.4, 0.5) is 4.39 Å². The highest BCUT2D eigenvalue weighted by molar-refractivity contribution is 9.10. The van der Waals surface area contributed by atoms with Crippen LogP contribution in [0.2, 0.25) is 0 Å². The summed E-state index contributed by atoms with van der Waals surface area (Å²) in [7, 11) is 4.17. The first-order valence-electron chi connectivity index (χ1n) is 11.0. The van der Waals surface area contributed by atoms with E-state index < -0.39 is 0 Å². The normalized spacial score (nSPS) is 13.4. The molecule has 0 fully saturated rings. The molecule has 32 heavy (non-hydrogen) atoms. The van der Waals surface area contributed by atoms with Crippen molar-refractivity contribution in [3.8, 4) is 0 Å². The van der Waals surface area contributed by atoms with Gasteiger partial charge < -0.3 is 4.90 Å². The molecular formula is C28H28BrFN2. The van der Waals surface area contributed by atoms with Crippen LogP contribution >= 0.6 is 15.9 Å². The maximum Gasteiger partial charge on any atom is 0.123 e. The van der Waals surface area contributed by atoms with Crippen LogP contribution in [0.15, 0.2) is 89.4 Å². The number of hydrogen-bond acceptors (Lipinski definition) is 2. The number of rotatable bonds is 8. The number of halogens is 2. The van der Waals surface area contributed by atoms with Gasteiger partial charge in [0.15, 0.2) is 0 Å². The van der Waals surface area contributed by atoms with Gasteiger partial charge in [0.05, 0.1) is 5.52 Å². The van der Waals surface area contributed by atoms with E-state index in [2.05, 4.69) is 89.5 Å². The molecule has 0 saturated carbocycles. The van der Waals surface area contributed by atoms with Gasteiger partial charge in [-0.2, -0.15) is 0 Å². The Bertz CT molecular complexity index is 1180. The molecule has 2 atom stereocenters. The van der Waals surface area contributed by atoms with Crippen LogP contribution in [0.5, 0.6) is 0 Å². The molecule has 1 heterocycles. The Morgan fingerprint density at radius 2 is 1.69 bits per heavy atom. The lowest BCUT2D eigenvalue weighted by Crippen LogP contribution is -2.22. The molecule has 1 aromatic heterocycles. The van der Waals surface area contributed by atoms with Gasteiger partial charge in [0, 0.05) is 21.5 Å². The van der Waals surface area contributed by atoms with Crippen LogP contribution < -0.4 is 0 Å². The third kappa shape index (κ3) is 5.62. The van der Waals surface area contributed by atoms with Crippen molar-refractivity contribution in [2.75, 3.05) is 20.6 Å². The lowest BCUT2D eigenvalue weighted by Gasteiger charge is -2.29. The number of aromatic nitrogens is 1. The molecule has 0 aliphatic heterocycles. The standard InChI is InChI=1S/C28H28BrFN2/c1-32(2)16-15-25(21-9-6-10-24(30)19-21)26(17-20-7-4-3-5-8-20)28-13-11-22-18-23(29)12-14-27(22)31-28/h3-14,18-19,25-26H,15-17H2,1-2H3. The van der Waals surface area contributed by atoms with Crippen molar-refractivity contribution in [1.82, 2.24) is 9.88 Å². The highest BCUT2D eigenvalue weighted by Gasteiger charge is 2.27. The first kappa shape index (κ1) is 22.6. The van der Waals surface area contributed by atoms with Gasteiger partial charge in [-0.1, -0.05) is 64.5 Å². The molecule has 164 valence electrons. The minimum absolute atomic E-state index is 0.132. The predicted molar refractivity (Wildman–Crippen MR) is 135 cm³/mol. The molecular weight excluding hydrogens is 463 g/mol. The molecule has 3 aromatic carbocycles. The molecule has 0 N–H and O–H groups in total. The zero-order valence-corrected chi connectivity index (χ0v) is 20.1. The van der Waals surface area contributed by atoms with E-state index in [0.717, 1.165) is 46.0 Å². The van der Waals surface area contributed by atoms with Crippen LogP contribution in [0.25, 0.3) is 10.9 Å². The van der Waals surface area contributed by atoms with Crippen LogP contribution in [-0.2, 0) is 6.42 Å². The van der Waals surface area contributed by atoms with Gasteiger partial charge in [-0.3, -0.25) is 4.98 Å². The summed E-state index contributed by atoms with van der Waals surface area (Å²) in [5, 5.41) is 1.11. The average molecular weight is 491 g/mol. The molecule has 4 rings (SSSR count). The lowest BCUT2D eigenvalue weighted by atomic mass is 9.78. The molecule has 4 aromatic rings. The third-order valence-electron chi connectivity index (χ3n) is 6.00. The zero-order chi connectivity index (χ0) is 22.5. The van der Waals surface area contributed by atoms with E-state index in [1.165, 1.54) is 11.6 Å². The fourth-order valence-corrected chi connectivity index (χ4v) is 4.75. The number of fused-ring (bicyclic) bond motifs is 1. The first-order chi connectivity index (χ1) is 15.5. The van der Waals surface area contributed by atoms with Gasteiger partial charge in [-0.25, -0.2) is 4.39 Å². The highest BCUT2D eigenvalue weighted by atomic mass is 79.9. The molecule has 4 heteroatoms. The van der Waals surface area contributed by atoms with Gasteiger partial charge in [0.25, 0.3) is 0 Å². The second kappa shape index (κ2) is 10.4. The maximum absolute atomic E-state index is 14.2. The fourth-order valence-electron chi connectivity index (χ4n) is 4.37. The van der Waals surface area contributed by atoms with Crippen molar-refractivity contribution in [2.24, 2.45) is 0 Å². The number of benzene rings is 3. The Hall–Kier alpha value is -2.56. The van der Waals surface area contributed by atoms with Crippen molar-refractivity contribution in [1.29, 1.82) is 0 Å². The summed E-state index contributed by atoms with van der Waals surface area (Å²) in [5.41, 5.74) is 4.33. The van der Waals surface area contributed by atoms with Gasteiger partial charge in [-0.15, -0.1) is 0 Å². The van der Waals surface area contributed by atoms with E-state index >= 15 is 0 Å². The van der Waals surface area contributed by atoms with Gasteiger partial charge >= 0.3 is 0 Å². The minimum Gasteiger partial charge on any atom is -0.309 e. The quantitative estimate of drug-likeness (QED) is 0.259. The lowest BCUT2D eigenvalue weighted by molar-refractivity contribution is 0.360. The molecule has 0 amide bonds. The van der Waals surface area contributed by atoms with Crippen molar-refractivity contribution < 1.29 is 4.39 Å². The van der Waals surface area contributed by atoms with Crippen LogP contribution in [0.3, 0.4) is 0 Å². The van der Waals surface area contributed by atoms with Crippen LogP contribution in [-0.4, -0.2) is 30.5 Å². The van der Waals surface area contributed by atoms with E-state index in [1.54, 1.807) is 6.07 Å². The smallest absolute Gasteiger partial charge is 0.123 e. The Morgan fingerprint density at radius 1 is 0.875 bits per heavy atom. The maximum atomic E-state index is 14.2. The second-order valence-electron chi connectivity index (χ2n) is 8.62.